The van der Waals surface area contributed by atoms with E-state index in [1.54, 1.807) is 54.1 Å². The Kier molecular flexibility index (Phi) is 9.44. The van der Waals surface area contributed by atoms with Gasteiger partial charge in [0.2, 0.25) is 12.7 Å². The van der Waals surface area contributed by atoms with Crippen LogP contribution in [0.4, 0.5) is 15.8 Å². The number of aromatic nitrogens is 1. The SMILES string of the molecule is Cc1ccc(N(C(=O)c2cc(-c3cc4c(cc3C(=O)N3Cc5cccc(Cl)c5C[C@H]3CN3CCOCC3)OCO4)n3c2OCCN3)c2ccc(O)cc2)cc1F. The molecule has 56 heavy (non-hydrogen) atoms. The number of ether oxygens (including phenoxy) is 4. The summed E-state index contributed by atoms with van der Waals surface area (Å²) in [6, 6.07) is 21.4. The van der Waals surface area contributed by atoms with Crippen molar-refractivity contribution in [1.82, 2.24) is 14.5 Å². The zero-order valence-electron chi connectivity index (χ0n) is 30.6. The number of rotatable bonds is 7. The largest absolute Gasteiger partial charge is 0.508 e. The zero-order valence-corrected chi connectivity index (χ0v) is 31.4. The second-order valence-corrected chi connectivity index (χ2v) is 14.7. The molecule has 0 unspecified atom stereocenters. The molecule has 0 spiro atoms. The number of aryl methyl sites for hydroxylation is 1. The van der Waals surface area contributed by atoms with E-state index in [0.29, 0.717) is 83.9 Å². The van der Waals surface area contributed by atoms with Crippen LogP contribution in [0.25, 0.3) is 11.3 Å². The van der Waals surface area contributed by atoms with E-state index in [4.69, 9.17) is 30.5 Å². The molecule has 2 N–H and O–H groups in total. The topological polar surface area (TPSA) is 118 Å². The first kappa shape index (κ1) is 35.9. The molecule has 4 aliphatic heterocycles. The van der Waals surface area contributed by atoms with Crippen molar-refractivity contribution in [3.05, 3.63) is 118 Å². The minimum absolute atomic E-state index is 0.00623. The van der Waals surface area contributed by atoms with Gasteiger partial charge in [-0.2, -0.15) is 0 Å². The number of phenols is 1. The molecule has 1 saturated heterocycles. The van der Waals surface area contributed by atoms with Crippen molar-refractivity contribution in [2.45, 2.75) is 25.9 Å². The Hall–Kier alpha value is -5.76. The number of phenolic OH excluding ortho intramolecular Hbond substituents is 1. The molecule has 14 heteroatoms. The summed E-state index contributed by atoms with van der Waals surface area (Å²) in [5.74, 6) is -0.0688. The average molecular weight is 780 g/mol. The van der Waals surface area contributed by atoms with Crippen molar-refractivity contribution in [2.24, 2.45) is 0 Å². The molecule has 4 aromatic carbocycles. The molecule has 1 atom stereocenters. The lowest BCUT2D eigenvalue weighted by Gasteiger charge is -2.41. The third-order valence-corrected chi connectivity index (χ3v) is 11.2. The lowest BCUT2D eigenvalue weighted by atomic mass is 9.91. The fourth-order valence-electron chi connectivity index (χ4n) is 7.88. The molecule has 0 saturated carbocycles. The Morgan fingerprint density at radius 2 is 1.70 bits per heavy atom. The van der Waals surface area contributed by atoms with E-state index in [9.17, 15) is 9.90 Å². The normalized spacial score (nSPS) is 17.4. The van der Waals surface area contributed by atoms with E-state index in [-0.39, 0.29) is 48.2 Å². The maximum absolute atomic E-state index is 15.2. The molecule has 4 aliphatic rings. The molecule has 1 fully saturated rings. The van der Waals surface area contributed by atoms with Gasteiger partial charge in [-0.15, -0.1) is 0 Å². The van der Waals surface area contributed by atoms with Gasteiger partial charge in [0.1, 0.15) is 23.7 Å². The highest BCUT2D eigenvalue weighted by atomic mass is 35.5. The van der Waals surface area contributed by atoms with E-state index in [2.05, 4.69) is 10.3 Å². The van der Waals surface area contributed by atoms with Gasteiger partial charge in [0, 0.05) is 48.5 Å². The molecular formula is C42H39ClFN5O7. The monoisotopic (exact) mass is 779 g/mol. The van der Waals surface area contributed by atoms with Crippen molar-refractivity contribution in [3.63, 3.8) is 0 Å². The Morgan fingerprint density at radius 3 is 2.48 bits per heavy atom. The summed E-state index contributed by atoms with van der Waals surface area (Å²) in [6.07, 6.45) is 0.583. The minimum atomic E-state index is -0.513. The number of anilines is 2. The molecule has 0 aliphatic carbocycles. The maximum Gasteiger partial charge on any atom is 0.268 e. The summed E-state index contributed by atoms with van der Waals surface area (Å²) in [5.41, 5.74) is 7.98. The van der Waals surface area contributed by atoms with Gasteiger partial charge in [0.05, 0.1) is 36.7 Å². The van der Waals surface area contributed by atoms with Gasteiger partial charge < -0.3 is 34.4 Å². The molecule has 1 aromatic heterocycles. The number of morpholine rings is 1. The fourth-order valence-corrected chi connectivity index (χ4v) is 8.15. The van der Waals surface area contributed by atoms with Crippen LogP contribution in [0.5, 0.6) is 23.1 Å². The highest BCUT2D eigenvalue weighted by Gasteiger charge is 2.37. The standard InChI is InChI=1S/C42H39ClFN5O7/c1-25-5-6-28(18-36(25)44)48(27-7-9-30(50)10-8-27)41(52)34-19-37(49-42(34)54-14-11-45-49)32-20-38-39(56-24-55-38)21-33(32)40(51)47-22-26-3-2-4-35(43)31(26)17-29(47)23-46-12-15-53-16-13-46/h2-10,18-21,29,45,50H,11-17,22-24H2,1H3/t29-/m0/s1. The molecule has 2 amide bonds. The Labute approximate surface area is 327 Å². The predicted octanol–water partition coefficient (Wildman–Crippen LogP) is 6.50. The number of hydrogen-bond acceptors (Lipinski definition) is 9. The fraction of sp³-hybridized carbons (Fsp3) is 0.286. The first-order valence-electron chi connectivity index (χ1n) is 18.6. The van der Waals surface area contributed by atoms with Crippen molar-refractivity contribution >= 4 is 34.8 Å². The number of hydrogen-bond donors (Lipinski definition) is 2. The van der Waals surface area contributed by atoms with Gasteiger partial charge in [-0.1, -0.05) is 29.8 Å². The summed E-state index contributed by atoms with van der Waals surface area (Å²) in [4.78, 5) is 35.6. The summed E-state index contributed by atoms with van der Waals surface area (Å²) in [7, 11) is 0. The van der Waals surface area contributed by atoms with Gasteiger partial charge in [-0.3, -0.25) is 19.4 Å². The number of nitrogens with zero attached hydrogens (tertiary/aromatic N) is 4. The van der Waals surface area contributed by atoms with E-state index < -0.39 is 11.7 Å². The van der Waals surface area contributed by atoms with E-state index in [0.717, 1.165) is 24.2 Å². The first-order chi connectivity index (χ1) is 27.2. The number of carbonyl (C=O) groups is 2. The molecule has 0 radical (unpaired) electrons. The van der Waals surface area contributed by atoms with Crippen LogP contribution in [0.2, 0.25) is 5.02 Å². The maximum atomic E-state index is 15.2. The van der Waals surface area contributed by atoms with Gasteiger partial charge in [0.15, 0.2) is 11.5 Å². The minimum Gasteiger partial charge on any atom is -0.508 e. The van der Waals surface area contributed by atoms with Gasteiger partial charge in [-0.05, 0) is 90.7 Å². The van der Waals surface area contributed by atoms with Gasteiger partial charge in [0.25, 0.3) is 11.8 Å². The van der Waals surface area contributed by atoms with Crippen molar-refractivity contribution < 1.29 is 38.0 Å². The van der Waals surface area contributed by atoms with Gasteiger partial charge >= 0.3 is 0 Å². The highest BCUT2D eigenvalue weighted by molar-refractivity contribution is 6.31. The highest BCUT2D eigenvalue weighted by Crippen LogP contribution is 2.44. The lowest BCUT2D eigenvalue weighted by Crippen LogP contribution is -2.52. The quantitative estimate of drug-likeness (QED) is 0.191. The van der Waals surface area contributed by atoms with E-state index in [1.807, 2.05) is 23.1 Å². The van der Waals surface area contributed by atoms with E-state index in [1.165, 1.54) is 23.1 Å². The number of carbonyl (C=O) groups excluding carboxylic acids is 2. The third-order valence-electron chi connectivity index (χ3n) is 10.8. The van der Waals surface area contributed by atoms with E-state index >= 15 is 9.18 Å². The smallest absolute Gasteiger partial charge is 0.268 e. The summed E-state index contributed by atoms with van der Waals surface area (Å²) in [6.45, 7) is 6.11. The summed E-state index contributed by atoms with van der Waals surface area (Å²) in [5, 5.41) is 10.7. The number of nitrogens with one attached hydrogen (secondary N) is 1. The molecular weight excluding hydrogens is 741 g/mol. The van der Waals surface area contributed by atoms with Crippen LogP contribution in [0.3, 0.4) is 0 Å². The Morgan fingerprint density at radius 1 is 0.929 bits per heavy atom. The molecule has 9 rings (SSSR count). The van der Waals surface area contributed by atoms with Crippen LogP contribution >= 0.6 is 11.6 Å². The second-order valence-electron chi connectivity index (χ2n) is 14.3. The Bertz CT molecular complexity index is 2350. The second kappa shape index (κ2) is 14.7. The lowest BCUT2D eigenvalue weighted by molar-refractivity contribution is 0.0193. The van der Waals surface area contributed by atoms with Gasteiger partial charge in [-0.25, -0.2) is 9.07 Å². The molecule has 0 bridgehead atoms. The van der Waals surface area contributed by atoms with Crippen LogP contribution in [-0.2, 0) is 17.7 Å². The summed E-state index contributed by atoms with van der Waals surface area (Å²) >= 11 is 6.73. The van der Waals surface area contributed by atoms with Crippen LogP contribution < -0.4 is 24.5 Å². The van der Waals surface area contributed by atoms with Crippen LogP contribution in [0.1, 0.15) is 37.4 Å². The molecule has 288 valence electrons. The number of benzene rings is 4. The molecule has 5 aromatic rings. The predicted molar refractivity (Wildman–Crippen MR) is 208 cm³/mol. The molecule has 5 heterocycles. The van der Waals surface area contributed by atoms with Crippen molar-refractivity contribution in [3.8, 4) is 34.4 Å². The first-order valence-corrected chi connectivity index (χ1v) is 18.9. The van der Waals surface area contributed by atoms with Crippen LogP contribution in [0.15, 0.2) is 78.9 Å². The van der Waals surface area contributed by atoms with Crippen molar-refractivity contribution in [1.29, 1.82) is 0 Å². The van der Waals surface area contributed by atoms with Crippen LogP contribution in [-0.4, -0.2) is 90.2 Å². The van der Waals surface area contributed by atoms with Crippen molar-refractivity contribution in [2.75, 3.05) is 63.1 Å². The number of aromatic hydroxyl groups is 1. The summed E-state index contributed by atoms with van der Waals surface area (Å²) < 4.78 is 40.2. The number of halogens is 2. The Balaban J connectivity index is 1.16. The molecule has 12 nitrogen and oxygen atoms in total. The number of fused-ring (bicyclic) bond motifs is 3. The average Bonchev–Trinajstić information content (AvgIpc) is 3.84. The zero-order chi connectivity index (χ0) is 38.5. The third kappa shape index (κ3) is 6.55. The van der Waals surface area contributed by atoms with Crippen LogP contribution in [0, 0.1) is 12.7 Å². The number of amides is 2.